The minimum absolute atomic E-state index is 0.138. The lowest BCUT2D eigenvalue weighted by atomic mass is 11.7. The van der Waals surface area contributed by atoms with E-state index in [1.807, 2.05) is 4.00 Å². The number of rotatable bonds is 3. The molecule has 0 aromatic rings. The molecule has 0 heterocycles. The highest BCUT2D eigenvalue weighted by molar-refractivity contribution is 7.43. The number of hydrogen-bond acceptors (Lipinski definition) is 1. The quantitative estimate of drug-likeness (QED) is 0.536. The molecular formula is C7H18F2NPSi2. The summed E-state index contributed by atoms with van der Waals surface area (Å²) in [6.07, 6.45) is 0. The van der Waals surface area contributed by atoms with Crippen LogP contribution < -0.4 is 0 Å². The average molecular weight is 241 g/mol. The Bertz CT molecular complexity index is 190. The highest BCUT2D eigenvalue weighted by atomic mass is 31.1. The molecule has 0 aliphatic rings. The fraction of sp³-hybridized carbons (Fsp3) is 0.857. The van der Waals surface area contributed by atoms with Gasteiger partial charge in [-0.1, -0.05) is 39.3 Å². The lowest BCUT2D eigenvalue weighted by Crippen LogP contribution is -2.53. The predicted molar refractivity (Wildman–Crippen MR) is 62.7 cm³/mol. The Kier molecular flexibility index (Phi) is 4.44. The Morgan fingerprint density at radius 1 is 0.923 bits per heavy atom. The maximum atomic E-state index is 12.3. The van der Waals surface area contributed by atoms with E-state index in [9.17, 15) is 8.78 Å². The first-order valence-electron chi connectivity index (χ1n) is 4.25. The van der Waals surface area contributed by atoms with Crippen LogP contribution in [0.25, 0.3) is 0 Å². The van der Waals surface area contributed by atoms with Crippen LogP contribution in [-0.2, 0) is 0 Å². The first-order chi connectivity index (χ1) is 5.55. The molecule has 0 N–H and O–H groups in total. The Hall–Kier alpha value is 0.424. The number of nitrogens with zero attached hydrogens (tertiary/aromatic N) is 1. The van der Waals surface area contributed by atoms with Crippen LogP contribution in [0.1, 0.15) is 0 Å². The highest BCUT2D eigenvalue weighted by Gasteiger charge is 2.34. The zero-order chi connectivity index (χ0) is 10.9. The molecular weight excluding hydrogens is 223 g/mol. The fourth-order valence-corrected chi connectivity index (χ4v) is 12.4. The van der Waals surface area contributed by atoms with E-state index < -0.39 is 22.3 Å². The summed E-state index contributed by atoms with van der Waals surface area (Å²) in [5, 5.41) is 0. The van der Waals surface area contributed by atoms with Crippen LogP contribution in [0.3, 0.4) is 0 Å². The number of hydrogen-bond donors (Lipinski definition) is 0. The maximum Gasteiger partial charge on any atom is 0.305 e. The van der Waals surface area contributed by atoms with Gasteiger partial charge in [0.15, 0.2) is 0 Å². The molecule has 0 aliphatic heterocycles. The van der Waals surface area contributed by atoms with Crippen LogP contribution in [0.2, 0.25) is 39.3 Å². The summed E-state index contributed by atoms with van der Waals surface area (Å²) < 4.78 is 26.5. The van der Waals surface area contributed by atoms with E-state index in [1.165, 1.54) is 0 Å². The van der Waals surface area contributed by atoms with Crippen LogP contribution in [0.15, 0.2) is 0 Å². The molecule has 0 unspecified atom stereocenters. The molecule has 0 aliphatic carbocycles. The molecule has 0 amide bonds. The van der Waals surface area contributed by atoms with E-state index in [2.05, 4.69) is 39.3 Å². The summed E-state index contributed by atoms with van der Waals surface area (Å²) in [7, 11) is -3.07. The van der Waals surface area contributed by atoms with Gasteiger partial charge in [0.25, 0.3) is 0 Å². The van der Waals surface area contributed by atoms with Gasteiger partial charge < -0.3 is 0 Å². The minimum Gasteiger partial charge on any atom is -0.295 e. The Morgan fingerprint density at radius 3 is 1.31 bits per heavy atom. The molecule has 0 aromatic carbocycles. The monoisotopic (exact) mass is 241 g/mol. The molecule has 0 radical (unpaired) electrons. The van der Waals surface area contributed by atoms with Crippen LogP contribution >= 0.6 is 8.35 Å². The summed E-state index contributed by atoms with van der Waals surface area (Å²) >= 11 is 0. The van der Waals surface area contributed by atoms with E-state index in [-0.39, 0.29) is 8.35 Å². The molecule has 0 fully saturated rings. The van der Waals surface area contributed by atoms with Crippen molar-refractivity contribution < 1.29 is 8.78 Å². The Labute approximate surface area is 83.2 Å². The standard InChI is InChI=1S/C7H18F2NPSi2/c1-12(2,3)10(11-7(8)9)13(4,5)6/h1-6H3. The SMILES string of the molecule is C[Si](C)(C)N(P=C(F)F)[Si](C)(C)C. The maximum absolute atomic E-state index is 12.3. The molecule has 6 heteroatoms. The zero-order valence-electron chi connectivity index (χ0n) is 9.15. The van der Waals surface area contributed by atoms with Gasteiger partial charge in [0.05, 0.1) is 0 Å². The third-order valence-electron chi connectivity index (χ3n) is 1.45. The van der Waals surface area contributed by atoms with Gasteiger partial charge >= 0.3 is 5.80 Å². The van der Waals surface area contributed by atoms with Gasteiger partial charge in [-0.25, -0.2) is 0 Å². The van der Waals surface area contributed by atoms with Crippen molar-refractivity contribution in [2.45, 2.75) is 39.3 Å². The van der Waals surface area contributed by atoms with Gasteiger partial charge in [-0.3, -0.25) is 4.00 Å². The van der Waals surface area contributed by atoms with Crippen molar-refractivity contribution >= 4 is 30.6 Å². The smallest absolute Gasteiger partial charge is 0.295 e. The molecule has 0 saturated heterocycles. The van der Waals surface area contributed by atoms with E-state index >= 15 is 0 Å². The summed E-state index contributed by atoms with van der Waals surface area (Å²) in [5.74, 6) is -1.48. The van der Waals surface area contributed by atoms with E-state index in [1.54, 1.807) is 0 Å². The van der Waals surface area contributed by atoms with E-state index in [4.69, 9.17) is 0 Å². The van der Waals surface area contributed by atoms with Gasteiger partial charge in [-0.2, -0.15) is 8.78 Å². The molecule has 0 rings (SSSR count). The van der Waals surface area contributed by atoms with Crippen LogP contribution in [-0.4, -0.2) is 26.3 Å². The molecule has 0 saturated carbocycles. The predicted octanol–water partition coefficient (Wildman–Crippen LogP) is 3.85. The van der Waals surface area contributed by atoms with Crippen molar-refractivity contribution in [3.63, 3.8) is 0 Å². The molecule has 0 bridgehead atoms. The van der Waals surface area contributed by atoms with Crippen molar-refractivity contribution in [3.8, 4) is 0 Å². The average Bonchev–Trinajstić information content (AvgIpc) is 1.77. The lowest BCUT2D eigenvalue weighted by molar-refractivity contribution is 0.640. The first kappa shape index (κ1) is 13.4. The summed E-state index contributed by atoms with van der Waals surface area (Å²) in [6.45, 7) is 12.7. The molecule has 0 spiro atoms. The van der Waals surface area contributed by atoms with Crippen molar-refractivity contribution in [3.05, 3.63) is 0 Å². The van der Waals surface area contributed by atoms with Gasteiger partial charge in [0.2, 0.25) is 0 Å². The molecule has 78 valence electrons. The molecule has 0 aromatic heterocycles. The third-order valence-corrected chi connectivity index (χ3v) is 12.6. The van der Waals surface area contributed by atoms with Crippen molar-refractivity contribution in [1.82, 2.24) is 4.00 Å². The van der Waals surface area contributed by atoms with Gasteiger partial charge in [0, 0.05) is 8.35 Å². The fourth-order valence-electron chi connectivity index (χ4n) is 1.38. The molecule has 13 heavy (non-hydrogen) atoms. The second-order valence-electron chi connectivity index (χ2n) is 4.99. The normalized spacial score (nSPS) is 13.9. The Balaban J connectivity index is 4.90. The largest absolute Gasteiger partial charge is 0.305 e. The Morgan fingerprint density at radius 2 is 1.23 bits per heavy atom. The van der Waals surface area contributed by atoms with Gasteiger partial charge in [0.1, 0.15) is 16.5 Å². The first-order valence-corrected chi connectivity index (χ1v) is 12.0. The third kappa shape index (κ3) is 5.00. The van der Waals surface area contributed by atoms with E-state index in [0.717, 1.165) is 0 Å². The van der Waals surface area contributed by atoms with Crippen LogP contribution in [0.4, 0.5) is 8.78 Å². The van der Waals surface area contributed by atoms with Crippen LogP contribution in [0, 0.1) is 0 Å². The van der Waals surface area contributed by atoms with E-state index in [0.29, 0.717) is 0 Å². The highest BCUT2D eigenvalue weighted by Crippen LogP contribution is 2.28. The van der Waals surface area contributed by atoms with Crippen molar-refractivity contribution in [1.29, 1.82) is 0 Å². The topological polar surface area (TPSA) is 3.24 Å². The summed E-state index contributed by atoms with van der Waals surface area (Å²) in [4.78, 5) is 0. The van der Waals surface area contributed by atoms with Gasteiger partial charge in [-0.05, 0) is 0 Å². The molecule has 0 atom stereocenters. The number of halogens is 2. The second-order valence-corrected chi connectivity index (χ2v) is 16.7. The second kappa shape index (κ2) is 4.30. The van der Waals surface area contributed by atoms with Crippen LogP contribution in [0.5, 0.6) is 0 Å². The molecule has 1 nitrogen and oxygen atoms in total. The van der Waals surface area contributed by atoms with Crippen molar-refractivity contribution in [2.75, 3.05) is 0 Å². The zero-order valence-corrected chi connectivity index (χ0v) is 12.0. The summed E-state index contributed by atoms with van der Waals surface area (Å²) in [5.41, 5.74) is 0. The van der Waals surface area contributed by atoms with Gasteiger partial charge in [-0.15, -0.1) is 0 Å². The lowest BCUT2D eigenvalue weighted by Gasteiger charge is -2.39. The minimum atomic E-state index is -1.60. The summed E-state index contributed by atoms with van der Waals surface area (Å²) in [6, 6.07) is 0. The van der Waals surface area contributed by atoms with Crippen molar-refractivity contribution in [2.24, 2.45) is 0 Å².